The minimum atomic E-state index is -3.81. The fraction of sp³-hybridized carbons (Fsp3) is 0.833. The number of halogens is 1. The zero-order chi connectivity index (χ0) is 9.99. The molecule has 0 unspecified atom stereocenters. The highest BCUT2D eigenvalue weighted by molar-refractivity contribution is 7.92. The molecule has 0 aromatic heterocycles. The monoisotopic (exact) mass is 198 g/mol. The molecular formula is C6H11FO4S. The van der Waals surface area contributed by atoms with Gasteiger partial charge in [-0.2, -0.15) is 0 Å². The van der Waals surface area contributed by atoms with Gasteiger partial charge in [0, 0.05) is 0 Å². The van der Waals surface area contributed by atoms with Gasteiger partial charge in [0.15, 0.2) is 9.84 Å². The Labute approximate surface area is 70.3 Å². The summed E-state index contributed by atoms with van der Waals surface area (Å²) >= 11 is 0. The Bertz CT molecular complexity index is 262. The number of hydrogen-bond acceptors (Lipinski definition) is 3. The number of carboxylic acids is 1. The fourth-order valence-electron chi connectivity index (χ4n) is 0.762. The van der Waals surface area contributed by atoms with Crippen LogP contribution < -0.4 is 0 Å². The molecule has 0 aromatic rings. The zero-order valence-electron chi connectivity index (χ0n) is 6.87. The van der Waals surface area contributed by atoms with Gasteiger partial charge in [0.05, 0.1) is 5.75 Å². The van der Waals surface area contributed by atoms with Gasteiger partial charge in [0.2, 0.25) is 0 Å². The van der Waals surface area contributed by atoms with Crippen LogP contribution >= 0.6 is 0 Å². The Hall–Kier alpha value is -0.650. The lowest BCUT2D eigenvalue weighted by atomic mass is 10.2. The first-order chi connectivity index (χ1) is 5.12. The van der Waals surface area contributed by atoms with E-state index in [2.05, 4.69) is 0 Å². The quantitative estimate of drug-likeness (QED) is 0.702. The van der Waals surface area contributed by atoms with Crippen LogP contribution in [0, 0.1) is 0 Å². The Morgan fingerprint density at radius 3 is 2.17 bits per heavy atom. The van der Waals surface area contributed by atoms with Gasteiger partial charge < -0.3 is 5.11 Å². The summed E-state index contributed by atoms with van der Waals surface area (Å²) in [5.74, 6) is -3.23. The molecule has 6 heteroatoms. The second kappa shape index (κ2) is 3.38. The lowest BCUT2D eigenvalue weighted by Gasteiger charge is -2.12. The summed E-state index contributed by atoms with van der Waals surface area (Å²) in [6, 6.07) is 0. The maximum absolute atomic E-state index is 12.8. The molecule has 1 N–H and O–H groups in total. The summed E-state index contributed by atoms with van der Waals surface area (Å²) in [4.78, 5) is 10.00. The molecule has 0 bridgehead atoms. The summed E-state index contributed by atoms with van der Waals surface area (Å²) in [5.41, 5.74) is -1.88. The van der Waals surface area contributed by atoms with Gasteiger partial charge in [0.25, 0.3) is 0 Å². The van der Waals surface area contributed by atoms with Crippen molar-refractivity contribution in [1.29, 1.82) is 0 Å². The lowest BCUT2D eigenvalue weighted by Crippen LogP contribution is -2.29. The first kappa shape index (κ1) is 11.4. The average molecular weight is 198 g/mol. The highest BCUT2D eigenvalue weighted by Crippen LogP contribution is 2.11. The Morgan fingerprint density at radius 1 is 1.50 bits per heavy atom. The first-order valence-corrected chi connectivity index (χ1v) is 5.06. The van der Waals surface area contributed by atoms with E-state index in [1.54, 1.807) is 0 Å². The third-order valence-electron chi connectivity index (χ3n) is 0.907. The van der Waals surface area contributed by atoms with Crippen molar-refractivity contribution in [2.45, 2.75) is 19.5 Å². The molecule has 72 valence electrons. The summed E-state index contributed by atoms with van der Waals surface area (Å²) in [7, 11) is -3.81. The van der Waals surface area contributed by atoms with E-state index in [0.29, 0.717) is 0 Å². The molecule has 0 saturated carbocycles. The van der Waals surface area contributed by atoms with E-state index in [1.807, 2.05) is 0 Å². The molecule has 0 aliphatic heterocycles. The minimum Gasteiger partial charge on any atom is -0.480 e. The first-order valence-electron chi connectivity index (χ1n) is 3.23. The van der Waals surface area contributed by atoms with Crippen LogP contribution in [-0.4, -0.2) is 36.7 Å². The second-order valence-electron chi connectivity index (χ2n) is 3.14. The number of sulfone groups is 1. The highest BCUT2D eigenvalue weighted by atomic mass is 32.2. The van der Waals surface area contributed by atoms with E-state index in [0.717, 1.165) is 13.8 Å². The van der Waals surface area contributed by atoms with Crippen molar-refractivity contribution >= 4 is 15.8 Å². The van der Waals surface area contributed by atoms with Gasteiger partial charge in [0.1, 0.15) is 11.4 Å². The Morgan fingerprint density at radius 2 is 1.92 bits per heavy atom. The molecule has 12 heavy (non-hydrogen) atoms. The molecular weight excluding hydrogens is 187 g/mol. The molecule has 0 aliphatic carbocycles. The topological polar surface area (TPSA) is 71.4 Å². The minimum absolute atomic E-state index is 0.758. The van der Waals surface area contributed by atoms with Crippen LogP contribution in [0.5, 0.6) is 0 Å². The molecule has 4 nitrogen and oxygen atoms in total. The van der Waals surface area contributed by atoms with Crippen molar-refractivity contribution in [3.05, 3.63) is 0 Å². The Kier molecular flexibility index (Phi) is 3.20. The van der Waals surface area contributed by atoms with Crippen LogP contribution in [0.25, 0.3) is 0 Å². The van der Waals surface area contributed by atoms with Crippen LogP contribution in [0.15, 0.2) is 0 Å². The molecule has 0 aromatic carbocycles. The molecule has 0 saturated heterocycles. The Balaban J connectivity index is 4.36. The smallest absolute Gasteiger partial charge is 0.318 e. The molecule has 0 spiro atoms. The number of carbonyl (C=O) groups is 1. The van der Waals surface area contributed by atoms with Crippen LogP contribution in [0.2, 0.25) is 0 Å². The van der Waals surface area contributed by atoms with Crippen molar-refractivity contribution in [3.63, 3.8) is 0 Å². The summed E-state index contributed by atoms with van der Waals surface area (Å²) < 4.78 is 34.4. The van der Waals surface area contributed by atoms with E-state index in [4.69, 9.17) is 5.11 Å². The third kappa shape index (κ3) is 6.09. The average Bonchev–Trinajstić information content (AvgIpc) is 1.48. The largest absolute Gasteiger partial charge is 0.480 e. The van der Waals surface area contributed by atoms with Crippen molar-refractivity contribution in [3.8, 4) is 0 Å². The summed E-state index contributed by atoms with van der Waals surface area (Å²) in [6.45, 7) is 2.18. The van der Waals surface area contributed by atoms with Crippen molar-refractivity contribution in [2.24, 2.45) is 0 Å². The maximum atomic E-state index is 12.8. The summed E-state index contributed by atoms with van der Waals surface area (Å²) in [5, 5.41) is 8.14. The predicted octanol–water partition coefficient (Wildman–Crippen LogP) is 0.234. The van der Waals surface area contributed by atoms with E-state index >= 15 is 0 Å². The second-order valence-corrected chi connectivity index (χ2v) is 5.21. The number of hydrogen-bond donors (Lipinski definition) is 1. The fourth-order valence-corrected chi connectivity index (χ4v) is 2.29. The van der Waals surface area contributed by atoms with Gasteiger partial charge in [-0.15, -0.1) is 0 Å². The number of carboxylic acid groups (broad SMARTS) is 1. The number of alkyl halides is 1. The highest BCUT2D eigenvalue weighted by Gasteiger charge is 2.27. The predicted molar refractivity (Wildman–Crippen MR) is 41.5 cm³/mol. The molecule has 0 rings (SSSR count). The molecule has 0 atom stereocenters. The van der Waals surface area contributed by atoms with E-state index in [9.17, 15) is 17.6 Å². The van der Waals surface area contributed by atoms with Crippen molar-refractivity contribution in [1.82, 2.24) is 0 Å². The summed E-state index contributed by atoms with van der Waals surface area (Å²) in [6.07, 6.45) is 0. The van der Waals surface area contributed by atoms with Crippen LogP contribution in [0.3, 0.4) is 0 Å². The van der Waals surface area contributed by atoms with E-state index in [-0.39, 0.29) is 0 Å². The third-order valence-corrected chi connectivity index (χ3v) is 2.72. The molecule has 0 fully saturated rings. The standard InChI is InChI=1S/C6H11FO4S/c1-6(2,7)4-12(10,11)3-5(8)9/h3-4H2,1-2H3,(H,8,9). The zero-order valence-corrected chi connectivity index (χ0v) is 7.69. The molecule has 0 heterocycles. The number of rotatable bonds is 4. The maximum Gasteiger partial charge on any atom is 0.318 e. The molecule has 0 aliphatic rings. The van der Waals surface area contributed by atoms with Gasteiger partial charge >= 0.3 is 5.97 Å². The van der Waals surface area contributed by atoms with Crippen LogP contribution in [0.1, 0.15) is 13.8 Å². The van der Waals surface area contributed by atoms with Crippen molar-refractivity contribution < 1.29 is 22.7 Å². The van der Waals surface area contributed by atoms with Gasteiger partial charge in [-0.05, 0) is 13.8 Å². The SMILES string of the molecule is CC(C)(F)CS(=O)(=O)CC(=O)O. The normalized spacial score (nSPS) is 12.9. The van der Waals surface area contributed by atoms with Gasteiger partial charge in [-0.3, -0.25) is 4.79 Å². The molecule has 0 radical (unpaired) electrons. The van der Waals surface area contributed by atoms with Gasteiger partial charge in [-0.1, -0.05) is 0 Å². The molecule has 0 amide bonds. The van der Waals surface area contributed by atoms with Crippen LogP contribution in [0.4, 0.5) is 4.39 Å². The van der Waals surface area contributed by atoms with Crippen LogP contribution in [-0.2, 0) is 14.6 Å². The van der Waals surface area contributed by atoms with Gasteiger partial charge in [-0.25, -0.2) is 12.8 Å². The number of aliphatic carboxylic acids is 1. The lowest BCUT2D eigenvalue weighted by molar-refractivity contribution is -0.134. The van der Waals surface area contributed by atoms with Crippen molar-refractivity contribution in [2.75, 3.05) is 11.5 Å². The van der Waals surface area contributed by atoms with E-state index < -0.39 is 33.0 Å². The van der Waals surface area contributed by atoms with E-state index in [1.165, 1.54) is 0 Å².